The third kappa shape index (κ3) is 2.75. The highest BCUT2D eigenvalue weighted by atomic mass is 16.1. The number of Topliss-reactive ketones (excluding diaryl/α,β-unsaturated/α-hetero) is 1. The molecule has 0 amide bonds. The Morgan fingerprint density at radius 3 is 2.35 bits per heavy atom. The van der Waals surface area contributed by atoms with Crippen LogP contribution in [-0.4, -0.2) is 23.8 Å². The Labute approximate surface area is 104 Å². The molecule has 92 valence electrons. The molecule has 0 bridgehead atoms. The van der Waals surface area contributed by atoms with E-state index in [-0.39, 0.29) is 0 Å². The van der Waals surface area contributed by atoms with Crippen LogP contribution in [0.4, 0.5) is 0 Å². The molecule has 1 aromatic carbocycles. The van der Waals surface area contributed by atoms with Crippen LogP contribution in [0.25, 0.3) is 0 Å². The minimum atomic E-state index is 0.411. The Morgan fingerprint density at radius 2 is 1.76 bits per heavy atom. The molecule has 0 aliphatic carbocycles. The van der Waals surface area contributed by atoms with Crippen LogP contribution >= 0.6 is 0 Å². The van der Waals surface area contributed by atoms with E-state index in [1.54, 1.807) is 0 Å². The topological polar surface area (TPSA) is 20.3 Å². The van der Waals surface area contributed by atoms with Crippen LogP contribution in [0, 0.1) is 13.8 Å². The Kier molecular flexibility index (Phi) is 3.63. The van der Waals surface area contributed by atoms with Crippen molar-refractivity contribution in [1.29, 1.82) is 0 Å². The number of hydrogen-bond acceptors (Lipinski definition) is 2. The Balaban J connectivity index is 2.11. The smallest absolute Gasteiger partial charge is 0.135 e. The average Bonchev–Trinajstić information content (AvgIpc) is 2.33. The highest BCUT2D eigenvalue weighted by molar-refractivity contribution is 5.79. The van der Waals surface area contributed by atoms with Gasteiger partial charge in [0.05, 0.1) is 0 Å². The van der Waals surface area contributed by atoms with Gasteiger partial charge in [0.15, 0.2) is 0 Å². The Hall–Kier alpha value is -1.15. The molecule has 1 unspecified atom stereocenters. The van der Waals surface area contributed by atoms with Crippen LogP contribution in [0.15, 0.2) is 18.2 Å². The van der Waals surface area contributed by atoms with E-state index in [1.807, 2.05) is 0 Å². The maximum Gasteiger partial charge on any atom is 0.135 e. The van der Waals surface area contributed by atoms with Gasteiger partial charge in [0.25, 0.3) is 0 Å². The van der Waals surface area contributed by atoms with Crippen LogP contribution in [-0.2, 0) is 4.79 Å². The zero-order valence-electron chi connectivity index (χ0n) is 11.0. The van der Waals surface area contributed by atoms with Gasteiger partial charge in [0.1, 0.15) is 5.78 Å². The van der Waals surface area contributed by atoms with Gasteiger partial charge in [-0.25, -0.2) is 0 Å². The molecule has 0 spiro atoms. The number of carbonyl (C=O) groups is 1. The van der Waals surface area contributed by atoms with Crippen molar-refractivity contribution in [2.75, 3.05) is 13.1 Å². The lowest BCUT2D eigenvalue weighted by Gasteiger charge is -2.32. The van der Waals surface area contributed by atoms with Crippen LogP contribution in [0.3, 0.4) is 0 Å². The van der Waals surface area contributed by atoms with Crippen molar-refractivity contribution < 1.29 is 4.79 Å². The molecule has 1 aromatic rings. The average molecular weight is 231 g/mol. The largest absolute Gasteiger partial charge is 0.300 e. The fourth-order valence-corrected chi connectivity index (χ4v) is 2.40. The summed E-state index contributed by atoms with van der Waals surface area (Å²) >= 11 is 0. The molecule has 2 rings (SSSR count). The molecule has 1 aliphatic heterocycles. The lowest BCUT2D eigenvalue weighted by molar-refractivity contribution is -0.121. The molecule has 1 heterocycles. The zero-order chi connectivity index (χ0) is 12.4. The van der Waals surface area contributed by atoms with E-state index in [2.05, 4.69) is 43.9 Å². The second kappa shape index (κ2) is 5.01. The highest BCUT2D eigenvalue weighted by Crippen LogP contribution is 2.24. The molecular formula is C15H21NO. The first-order valence-corrected chi connectivity index (χ1v) is 6.41. The summed E-state index contributed by atoms with van der Waals surface area (Å²) in [5, 5.41) is 0. The summed E-state index contributed by atoms with van der Waals surface area (Å²) in [4.78, 5) is 13.6. The summed E-state index contributed by atoms with van der Waals surface area (Å²) in [5.41, 5.74) is 4.06. The minimum Gasteiger partial charge on any atom is -0.300 e. The standard InChI is InChI=1S/C15H21NO/c1-11-4-5-14(10-12(11)2)13(3)16-8-6-15(17)7-9-16/h4-5,10,13H,6-9H2,1-3H3. The van der Waals surface area contributed by atoms with E-state index in [0.29, 0.717) is 11.8 Å². The van der Waals surface area contributed by atoms with Crippen molar-refractivity contribution in [3.8, 4) is 0 Å². The number of hydrogen-bond donors (Lipinski definition) is 0. The van der Waals surface area contributed by atoms with Gasteiger partial charge in [-0.15, -0.1) is 0 Å². The first-order chi connectivity index (χ1) is 8.08. The summed E-state index contributed by atoms with van der Waals surface area (Å²) in [6.45, 7) is 8.36. The predicted octanol–water partition coefficient (Wildman–Crippen LogP) is 3.03. The van der Waals surface area contributed by atoms with Gasteiger partial charge >= 0.3 is 0 Å². The van der Waals surface area contributed by atoms with Crippen LogP contribution in [0.2, 0.25) is 0 Å². The normalized spacial score (nSPS) is 19.4. The van der Waals surface area contributed by atoms with E-state index in [9.17, 15) is 4.79 Å². The van der Waals surface area contributed by atoms with Gasteiger partial charge in [-0.2, -0.15) is 0 Å². The van der Waals surface area contributed by atoms with Gasteiger partial charge in [-0.1, -0.05) is 18.2 Å². The molecule has 0 radical (unpaired) electrons. The molecule has 1 fully saturated rings. The maximum absolute atomic E-state index is 11.2. The molecule has 1 saturated heterocycles. The van der Waals surface area contributed by atoms with Gasteiger partial charge in [-0.3, -0.25) is 9.69 Å². The monoisotopic (exact) mass is 231 g/mol. The van der Waals surface area contributed by atoms with Crippen molar-refractivity contribution in [2.24, 2.45) is 0 Å². The van der Waals surface area contributed by atoms with Crippen molar-refractivity contribution in [1.82, 2.24) is 4.90 Å². The fourth-order valence-electron chi connectivity index (χ4n) is 2.40. The third-order valence-electron chi connectivity index (χ3n) is 3.92. The molecule has 0 N–H and O–H groups in total. The van der Waals surface area contributed by atoms with E-state index in [0.717, 1.165) is 25.9 Å². The molecule has 2 nitrogen and oxygen atoms in total. The Morgan fingerprint density at radius 1 is 1.12 bits per heavy atom. The first-order valence-electron chi connectivity index (χ1n) is 6.41. The number of nitrogens with zero attached hydrogens (tertiary/aromatic N) is 1. The van der Waals surface area contributed by atoms with E-state index < -0.39 is 0 Å². The molecule has 1 atom stereocenters. The first kappa shape index (κ1) is 12.3. The number of aryl methyl sites for hydroxylation is 2. The van der Waals surface area contributed by atoms with E-state index >= 15 is 0 Å². The van der Waals surface area contributed by atoms with E-state index in [1.165, 1.54) is 16.7 Å². The van der Waals surface area contributed by atoms with Crippen LogP contribution in [0.5, 0.6) is 0 Å². The third-order valence-corrected chi connectivity index (χ3v) is 3.92. The molecular weight excluding hydrogens is 210 g/mol. The maximum atomic E-state index is 11.2. The Bertz CT molecular complexity index is 415. The summed E-state index contributed by atoms with van der Waals surface area (Å²) in [5.74, 6) is 0.411. The van der Waals surface area contributed by atoms with Gasteiger partial charge in [0.2, 0.25) is 0 Å². The number of benzene rings is 1. The second-order valence-electron chi connectivity index (χ2n) is 5.09. The van der Waals surface area contributed by atoms with Crippen LogP contribution in [0.1, 0.15) is 42.5 Å². The van der Waals surface area contributed by atoms with Crippen LogP contribution < -0.4 is 0 Å². The molecule has 17 heavy (non-hydrogen) atoms. The SMILES string of the molecule is Cc1ccc(C(C)N2CCC(=O)CC2)cc1C. The number of ketones is 1. The lowest BCUT2D eigenvalue weighted by atomic mass is 9.99. The number of rotatable bonds is 2. The quantitative estimate of drug-likeness (QED) is 0.779. The van der Waals surface area contributed by atoms with Gasteiger partial charge in [-0.05, 0) is 37.5 Å². The van der Waals surface area contributed by atoms with Crippen molar-refractivity contribution in [3.05, 3.63) is 34.9 Å². The lowest BCUT2D eigenvalue weighted by Crippen LogP contribution is -2.35. The highest BCUT2D eigenvalue weighted by Gasteiger charge is 2.21. The van der Waals surface area contributed by atoms with Crippen molar-refractivity contribution in [2.45, 2.75) is 39.7 Å². The molecule has 0 saturated carbocycles. The zero-order valence-corrected chi connectivity index (χ0v) is 11.0. The second-order valence-corrected chi connectivity index (χ2v) is 5.09. The predicted molar refractivity (Wildman–Crippen MR) is 70.1 cm³/mol. The minimum absolute atomic E-state index is 0.411. The summed E-state index contributed by atoms with van der Waals surface area (Å²) < 4.78 is 0. The van der Waals surface area contributed by atoms with Crippen molar-refractivity contribution >= 4 is 5.78 Å². The van der Waals surface area contributed by atoms with E-state index in [4.69, 9.17) is 0 Å². The summed E-state index contributed by atoms with van der Waals surface area (Å²) in [6, 6.07) is 7.10. The summed E-state index contributed by atoms with van der Waals surface area (Å²) in [6.07, 6.45) is 1.43. The van der Waals surface area contributed by atoms with Gasteiger partial charge < -0.3 is 0 Å². The number of likely N-dealkylation sites (tertiary alicyclic amines) is 1. The molecule has 0 aromatic heterocycles. The summed E-state index contributed by atoms with van der Waals surface area (Å²) in [7, 11) is 0. The fraction of sp³-hybridized carbons (Fsp3) is 0.533. The number of piperidine rings is 1. The number of carbonyl (C=O) groups excluding carboxylic acids is 1. The molecule has 1 aliphatic rings. The van der Waals surface area contributed by atoms with Crippen molar-refractivity contribution in [3.63, 3.8) is 0 Å². The molecule has 2 heteroatoms. The van der Waals surface area contributed by atoms with Gasteiger partial charge in [0, 0.05) is 32.0 Å².